The Kier molecular flexibility index (Phi) is 4.48. The molecule has 0 saturated carbocycles. The molecule has 2 aromatic carbocycles. The van der Waals surface area contributed by atoms with E-state index >= 15 is 0 Å². The average Bonchev–Trinajstić information content (AvgIpc) is 2.71. The number of fused-ring (bicyclic) bond motifs is 1. The number of allylic oxidation sites excluding steroid dienone is 1. The van der Waals surface area contributed by atoms with Gasteiger partial charge < -0.3 is 10.6 Å². The number of ketones is 1. The largest absolute Gasteiger partial charge is 0.372 e. The van der Waals surface area contributed by atoms with E-state index in [-0.39, 0.29) is 17.2 Å². The molecule has 0 amide bonds. The zero-order valence-corrected chi connectivity index (χ0v) is 17.1. The number of hydrogen-bond acceptors (Lipinski definition) is 3. The molecule has 0 aromatic heterocycles. The molecule has 1 heterocycles. The second-order valence-corrected chi connectivity index (χ2v) is 9.04. The quantitative estimate of drug-likeness (QED) is 0.571. The van der Waals surface area contributed by atoms with Crippen LogP contribution >= 0.6 is 23.2 Å². The first-order chi connectivity index (χ1) is 12.7. The van der Waals surface area contributed by atoms with Crippen LogP contribution in [-0.4, -0.2) is 5.78 Å². The van der Waals surface area contributed by atoms with Crippen LogP contribution in [0.5, 0.6) is 0 Å². The smallest absolute Gasteiger partial charge is 0.163 e. The van der Waals surface area contributed by atoms with E-state index in [1.54, 1.807) is 6.07 Å². The lowest BCUT2D eigenvalue weighted by Crippen LogP contribution is -2.31. The van der Waals surface area contributed by atoms with Crippen molar-refractivity contribution in [2.45, 2.75) is 39.7 Å². The second kappa shape index (κ2) is 6.57. The first kappa shape index (κ1) is 18.4. The molecular weight excluding hydrogens is 379 g/mol. The van der Waals surface area contributed by atoms with E-state index in [9.17, 15) is 4.79 Å². The number of aryl methyl sites for hydroxylation is 1. The summed E-state index contributed by atoms with van der Waals surface area (Å²) in [6.07, 6.45) is 1.33. The van der Waals surface area contributed by atoms with Gasteiger partial charge in [-0.2, -0.15) is 0 Å². The molecule has 0 bridgehead atoms. The molecule has 3 nitrogen and oxygen atoms in total. The van der Waals surface area contributed by atoms with Crippen molar-refractivity contribution in [3.8, 4) is 0 Å². The van der Waals surface area contributed by atoms with E-state index in [4.69, 9.17) is 23.2 Å². The maximum atomic E-state index is 13.2. The zero-order valence-electron chi connectivity index (χ0n) is 15.6. The Hall–Kier alpha value is -1.97. The molecular formula is C22H22Cl2N2O. The molecule has 1 aliphatic carbocycles. The van der Waals surface area contributed by atoms with Crippen LogP contribution in [0.4, 0.5) is 11.4 Å². The lowest BCUT2D eigenvalue weighted by molar-refractivity contribution is -0.118. The highest BCUT2D eigenvalue weighted by molar-refractivity contribution is 6.35. The third-order valence-electron chi connectivity index (χ3n) is 5.33. The van der Waals surface area contributed by atoms with Gasteiger partial charge >= 0.3 is 0 Å². The molecule has 2 aliphatic rings. The zero-order chi connectivity index (χ0) is 19.3. The molecule has 1 aliphatic heterocycles. The van der Waals surface area contributed by atoms with Crippen molar-refractivity contribution in [2.24, 2.45) is 5.41 Å². The van der Waals surface area contributed by atoms with Gasteiger partial charge in [0, 0.05) is 27.7 Å². The van der Waals surface area contributed by atoms with Crippen LogP contribution in [0.15, 0.2) is 47.7 Å². The molecule has 0 fully saturated rings. The van der Waals surface area contributed by atoms with Crippen molar-refractivity contribution in [1.29, 1.82) is 0 Å². The van der Waals surface area contributed by atoms with Crippen LogP contribution in [0.2, 0.25) is 10.0 Å². The highest BCUT2D eigenvalue weighted by Crippen LogP contribution is 2.47. The van der Waals surface area contributed by atoms with Crippen LogP contribution in [0.3, 0.4) is 0 Å². The number of benzene rings is 2. The molecule has 0 radical (unpaired) electrons. The normalized spacial score (nSPS) is 20.9. The Morgan fingerprint density at radius 2 is 1.89 bits per heavy atom. The van der Waals surface area contributed by atoms with Gasteiger partial charge in [0.05, 0.1) is 17.4 Å². The Labute approximate surface area is 169 Å². The van der Waals surface area contributed by atoms with Crippen LogP contribution in [0, 0.1) is 12.3 Å². The van der Waals surface area contributed by atoms with Gasteiger partial charge in [-0.15, -0.1) is 0 Å². The summed E-state index contributed by atoms with van der Waals surface area (Å²) < 4.78 is 0. The fourth-order valence-corrected chi connectivity index (χ4v) is 4.60. The van der Waals surface area contributed by atoms with E-state index in [1.807, 2.05) is 24.3 Å². The van der Waals surface area contributed by atoms with Gasteiger partial charge in [-0.05, 0) is 48.1 Å². The average molecular weight is 401 g/mol. The number of hydrogen-bond donors (Lipinski definition) is 2. The molecule has 0 saturated heterocycles. The molecule has 140 valence electrons. The van der Waals surface area contributed by atoms with Crippen molar-refractivity contribution in [2.75, 3.05) is 10.6 Å². The first-order valence-electron chi connectivity index (χ1n) is 9.09. The van der Waals surface area contributed by atoms with E-state index in [2.05, 4.69) is 37.5 Å². The van der Waals surface area contributed by atoms with Crippen LogP contribution in [-0.2, 0) is 4.79 Å². The fourth-order valence-electron chi connectivity index (χ4n) is 4.08. The molecule has 2 N–H and O–H groups in total. The van der Waals surface area contributed by atoms with Crippen LogP contribution in [0.25, 0.3) is 0 Å². The van der Waals surface area contributed by atoms with E-state index < -0.39 is 0 Å². The Morgan fingerprint density at radius 3 is 2.63 bits per heavy atom. The maximum Gasteiger partial charge on any atom is 0.163 e. The monoisotopic (exact) mass is 400 g/mol. The van der Waals surface area contributed by atoms with Crippen LogP contribution < -0.4 is 10.6 Å². The minimum absolute atomic E-state index is 0.0789. The molecule has 5 heteroatoms. The molecule has 2 aromatic rings. The van der Waals surface area contributed by atoms with Crippen molar-refractivity contribution >= 4 is 40.4 Å². The molecule has 4 rings (SSSR count). The van der Waals surface area contributed by atoms with Gasteiger partial charge in [-0.1, -0.05) is 55.2 Å². The summed E-state index contributed by atoms with van der Waals surface area (Å²) in [5, 5.41) is 8.28. The summed E-state index contributed by atoms with van der Waals surface area (Å²) >= 11 is 12.6. The number of carbonyl (C=O) groups excluding carboxylic acids is 1. The number of rotatable bonds is 1. The van der Waals surface area contributed by atoms with Gasteiger partial charge in [0.25, 0.3) is 0 Å². The van der Waals surface area contributed by atoms with Crippen molar-refractivity contribution in [3.63, 3.8) is 0 Å². The molecule has 0 spiro atoms. The summed E-state index contributed by atoms with van der Waals surface area (Å²) in [6, 6.07) is 11.2. The van der Waals surface area contributed by atoms with Gasteiger partial charge in [-0.25, -0.2) is 0 Å². The van der Waals surface area contributed by atoms with Gasteiger partial charge in [0.1, 0.15) is 0 Å². The summed E-state index contributed by atoms with van der Waals surface area (Å²) in [4.78, 5) is 13.2. The Morgan fingerprint density at radius 1 is 1.11 bits per heavy atom. The number of nitrogens with one attached hydrogen (secondary N) is 2. The predicted molar refractivity (Wildman–Crippen MR) is 113 cm³/mol. The Balaban J connectivity index is 1.93. The van der Waals surface area contributed by atoms with E-state index in [1.165, 1.54) is 0 Å². The van der Waals surface area contributed by atoms with Gasteiger partial charge in [-0.3, -0.25) is 4.79 Å². The Bertz CT molecular complexity index is 978. The standard InChI is InChI=1S/C22H22Cl2N2O/c1-12-5-4-6-16-20(12)26-17-10-22(2,3)11-18(27)19(17)21(25-16)14-8-7-13(23)9-15(14)24/h4-9,21,25-26H,10-11H2,1-3H3. The first-order valence-corrected chi connectivity index (χ1v) is 9.85. The fraction of sp³-hybridized carbons (Fsp3) is 0.318. The van der Waals surface area contributed by atoms with Crippen molar-refractivity contribution in [3.05, 3.63) is 68.8 Å². The topological polar surface area (TPSA) is 41.1 Å². The molecule has 1 unspecified atom stereocenters. The molecule has 1 atom stereocenters. The number of Topliss-reactive ketones (excluding diaryl/α,β-unsaturated/α-hetero) is 1. The number of anilines is 2. The highest BCUT2D eigenvalue weighted by Gasteiger charge is 2.39. The third-order valence-corrected chi connectivity index (χ3v) is 5.89. The third kappa shape index (κ3) is 3.35. The number of para-hydroxylation sites is 1. The van der Waals surface area contributed by atoms with Gasteiger partial charge in [0.15, 0.2) is 5.78 Å². The molecule has 27 heavy (non-hydrogen) atoms. The minimum Gasteiger partial charge on any atom is -0.372 e. The summed E-state index contributed by atoms with van der Waals surface area (Å²) in [5.74, 6) is 0.155. The lowest BCUT2D eigenvalue weighted by atomic mass is 9.73. The number of halogens is 2. The SMILES string of the molecule is Cc1cccc2c1NC1=C(C(=O)CC(C)(C)C1)C(c1ccc(Cl)cc1Cl)N2. The lowest BCUT2D eigenvalue weighted by Gasteiger charge is -2.34. The van der Waals surface area contributed by atoms with Crippen molar-refractivity contribution < 1.29 is 4.79 Å². The van der Waals surface area contributed by atoms with Gasteiger partial charge in [0.2, 0.25) is 0 Å². The summed E-state index contributed by atoms with van der Waals surface area (Å²) in [6.45, 7) is 6.34. The van der Waals surface area contributed by atoms with Crippen molar-refractivity contribution in [1.82, 2.24) is 0 Å². The van der Waals surface area contributed by atoms with E-state index in [0.29, 0.717) is 16.5 Å². The highest BCUT2D eigenvalue weighted by atomic mass is 35.5. The predicted octanol–water partition coefficient (Wildman–Crippen LogP) is 6.52. The van der Waals surface area contributed by atoms with E-state index in [0.717, 1.165) is 40.2 Å². The summed E-state index contributed by atoms with van der Waals surface area (Å²) in [7, 11) is 0. The van der Waals surface area contributed by atoms with Crippen LogP contribution in [0.1, 0.15) is 43.9 Å². The number of carbonyl (C=O) groups is 1. The second-order valence-electron chi connectivity index (χ2n) is 8.20. The summed E-state index contributed by atoms with van der Waals surface area (Å²) in [5.41, 5.74) is 5.64. The minimum atomic E-state index is -0.316. The maximum absolute atomic E-state index is 13.2.